The van der Waals surface area contributed by atoms with Gasteiger partial charge in [-0.25, -0.2) is 9.83 Å². The van der Waals surface area contributed by atoms with Crippen molar-refractivity contribution in [1.82, 2.24) is 9.55 Å². The molecule has 0 aliphatic carbocycles. The summed E-state index contributed by atoms with van der Waals surface area (Å²) in [5.74, 6) is 0. The summed E-state index contributed by atoms with van der Waals surface area (Å²) in [6.45, 7) is 7.62. The van der Waals surface area contributed by atoms with Gasteiger partial charge in [0.2, 0.25) is 0 Å². The predicted molar refractivity (Wildman–Crippen MR) is 180 cm³/mol. The van der Waals surface area contributed by atoms with Crippen molar-refractivity contribution in [2.75, 3.05) is 0 Å². The van der Waals surface area contributed by atoms with Gasteiger partial charge in [0.15, 0.2) is 5.69 Å². The third kappa shape index (κ3) is 3.44. The lowest BCUT2D eigenvalue weighted by molar-refractivity contribution is 1.18. The van der Waals surface area contributed by atoms with Crippen molar-refractivity contribution >= 4 is 70.8 Å². The van der Waals surface area contributed by atoms with Crippen LogP contribution in [0.5, 0.6) is 0 Å². The van der Waals surface area contributed by atoms with Crippen LogP contribution in [-0.4, -0.2) is 9.55 Å². The molecule has 0 spiro atoms. The largest absolute Gasteiger partial charge is 0.309 e. The Balaban J connectivity index is 1.45. The van der Waals surface area contributed by atoms with E-state index in [2.05, 4.69) is 131 Å². The van der Waals surface area contributed by atoms with Gasteiger partial charge in [-0.05, 0) is 52.1 Å². The molecule has 0 atom stereocenters. The van der Waals surface area contributed by atoms with Gasteiger partial charge in [-0.1, -0.05) is 109 Å². The number of pyridine rings is 1. The minimum absolute atomic E-state index is 0.647. The Bertz CT molecular complexity index is 2530. The molecule has 0 saturated heterocycles. The molecule has 9 aromatic rings. The van der Waals surface area contributed by atoms with E-state index in [4.69, 9.17) is 11.6 Å². The van der Waals surface area contributed by atoms with Crippen molar-refractivity contribution in [3.63, 3.8) is 0 Å². The Kier molecular flexibility index (Phi) is 4.97. The highest BCUT2D eigenvalue weighted by Gasteiger charge is 2.18. The van der Waals surface area contributed by atoms with Gasteiger partial charge in [-0.15, -0.1) is 0 Å². The first-order chi connectivity index (χ1) is 21.3. The third-order valence-corrected chi connectivity index (χ3v) is 8.75. The predicted octanol–water partition coefficient (Wildman–Crippen LogP) is 11.0. The Morgan fingerprint density at radius 1 is 0.488 bits per heavy atom. The molecule has 0 radical (unpaired) electrons. The molecule has 0 unspecified atom stereocenters. The highest BCUT2D eigenvalue weighted by molar-refractivity contribution is 6.22. The van der Waals surface area contributed by atoms with E-state index < -0.39 is 0 Å². The summed E-state index contributed by atoms with van der Waals surface area (Å²) in [5, 5.41) is 9.17. The molecule has 0 bridgehead atoms. The van der Waals surface area contributed by atoms with Crippen molar-refractivity contribution in [3.05, 3.63) is 151 Å². The molecule has 0 saturated carbocycles. The second-order valence-corrected chi connectivity index (χ2v) is 11.1. The molecule has 0 amide bonds. The first-order valence-electron chi connectivity index (χ1n) is 14.4. The maximum absolute atomic E-state index is 7.62. The summed E-state index contributed by atoms with van der Waals surface area (Å²) < 4.78 is 2.32. The molecule has 43 heavy (non-hydrogen) atoms. The van der Waals surface area contributed by atoms with Crippen LogP contribution < -0.4 is 0 Å². The van der Waals surface area contributed by atoms with Gasteiger partial charge in [0.25, 0.3) is 0 Å². The van der Waals surface area contributed by atoms with E-state index in [1.54, 1.807) is 0 Å². The summed E-state index contributed by atoms with van der Waals surface area (Å²) >= 11 is 0. The van der Waals surface area contributed by atoms with Gasteiger partial charge in [0, 0.05) is 38.2 Å². The van der Waals surface area contributed by atoms with Gasteiger partial charge in [0.05, 0.1) is 28.6 Å². The van der Waals surface area contributed by atoms with E-state index in [0.29, 0.717) is 5.69 Å². The minimum Gasteiger partial charge on any atom is -0.309 e. The highest BCUT2D eigenvalue weighted by Crippen LogP contribution is 2.42. The topological polar surface area (TPSA) is 22.2 Å². The fraction of sp³-hybridized carbons (Fsp3) is 0. The maximum atomic E-state index is 7.62. The molecule has 7 aromatic carbocycles. The van der Waals surface area contributed by atoms with Crippen molar-refractivity contribution in [3.8, 4) is 16.8 Å². The van der Waals surface area contributed by atoms with E-state index in [0.717, 1.165) is 65.6 Å². The van der Waals surface area contributed by atoms with Crippen LogP contribution in [0, 0.1) is 6.57 Å². The van der Waals surface area contributed by atoms with Gasteiger partial charge in [0.1, 0.15) is 0 Å². The lowest BCUT2D eigenvalue weighted by Gasteiger charge is -2.15. The molecule has 3 nitrogen and oxygen atoms in total. The summed E-state index contributed by atoms with van der Waals surface area (Å²) in [7, 11) is 0. The average molecular weight is 546 g/mol. The molecule has 0 fully saturated rings. The van der Waals surface area contributed by atoms with Crippen molar-refractivity contribution in [2.45, 2.75) is 0 Å². The van der Waals surface area contributed by atoms with Crippen LogP contribution in [0.3, 0.4) is 0 Å². The lowest BCUT2D eigenvalue weighted by Crippen LogP contribution is -1.94. The molecule has 3 heteroatoms. The minimum atomic E-state index is 0.647. The van der Waals surface area contributed by atoms with Crippen LogP contribution >= 0.6 is 0 Å². The number of para-hydroxylation sites is 1. The molecule has 0 aliphatic heterocycles. The fourth-order valence-corrected chi connectivity index (χ4v) is 6.81. The Morgan fingerprint density at radius 2 is 1.12 bits per heavy atom. The van der Waals surface area contributed by atoms with Gasteiger partial charge >= 0.3 is 0 Å². The normalized spacial score (nSPS) is 11.7. The SMILES string of the molecule is [C-]#[N+]c1ccc2c(c1)c1ccc(-c3c4ccc5ccccc5c4nc4c3ccc3ccccc34)cc1n2-c1ccccc1. The van der Waals surface area contributed by atoms with Crippen LogP contribution in [0.1, 0.15) is 0 Å². The van der Waals surface area contributed by atoms with Gasteiger partial charge in [-0.2, -0.15) is 0 Å². The molecule has 0 N–H and O–H groups in total. The number of fused-ring (bicyclic) bond motifs is 9. The number of rotatable bonds is 2. The zero-order valence-electron chi connectivity index (χ0n) is 23.1. The first-order valence-corrected chi connectivity index (χ1v) is 14.4. The van der Waals surface area contributed by atoms with Crippen LogP contribution in [0.15, 0.2) is 140 Å². The first kappa shape index (κ1) is 23.7. The molecule has 198 valence electrons. The van der Waals surface area contributed by atoms with E-state index in [9.17, 15) is 0 Å². The van der Waals surface area contributed by atoms with Crippen molar-refractivity contribution < 1.29 is 0 Å². The third-order valence-electron chi connectivity index (χ3n) is 8.75. The van der Waals surface area contributed by atoms with Crippen LogP contribution in [0.2, 0.25) is 0 Å². The quantitative estimate of drug-likeness (QED) is 0.120. The average Bonchev–Trinajstić information content (AvgIpc) is 3.40. The molecule has 2 heterocycles. The smallest absolute Gasteiger partial charge is 0.188 e. The Labute approximate surface area is 247 Å². The molecule has 2 aromatic heterocycles. The van der Waals surface area contributed by atoms with Crippen molar-refractivity contribution in [2.24, 2.45) is 0 Å². The fourth-order valence-electron chi connectivity index (χ4n) is 6.81. The van der Waals surface area contributed by atoms with Crippen molar-refractivity contribution in [1.29, 1.82) is 0 Å². The Hall–Kier alpha value is -5.98. The summed E-state index contributed by atoms with van der Waals surface area (Å²) in [5.41, 5.74) is 8.30. The summed E-state index contributed by atoms with van der Waals surface area (Å²) in [6.07, 6.45) is 0. The van der Waals surface area contributed by atoms with E-state index >= 15 is 0 Å². The number of benzene rings is 7. The zero-order valence-corrected chi connectivity index (χ0v) is 23.1. The Morgan fingerprint density at radius 3 is 1.79 bits per heavy atom. The van der Waals surface area contributed by atoms with Gasteiger partial charge in [-0.3, -0.25) is 0 Å². The molecule has 0 aliphatic rings. The van der Waals surface area contributed by atoms with E-state index in [-0.39, 0.29) is 0 Å². The summed E-state index contributed by atoms with van der Waals surface area (Å²) in [6, 6.07) is 49.2. The van der Waals surface area contributed by atoms with Crippen LogP contribution in [0.25, 0.3) is 86.8 Å². The molecular formula is C40H23N3. The number of hydrogen-bond acceptors (Lipinski definition) is 1. The number of nitrogens with zero attached hydrogens (tertiary/aromatic N) is 3. The number of hydrogen-bond donors (Lipinski definition) is 0. The van der Waals surface area contributed by atoms with Crippen LogP contribution in [0.4, 0.5) is 5.69 Å². The molecular weight excluding hydrogens is 522 g/mol. The zero-order chi connectivity index (χ0) is 28.5. The van der Waals surface area contributed by atoms with E-state index in [1.165, 1.54) is 16.3 Å². The summed E-state index contributed by atoms with van der Waals surface area (Å²) in [4.78, 5) is 9.09. The standard InChI is InChI=1S/C40H23N3/c1-41-28-18-22-36-35(24-28)32-19-17-27(23-37(32)43(36)29-11-3-2-4-12-29)38-33-20-15-25-9-5-7-13-30(25)39(33)42-40-31-14-8-6-10-26(31)16-21-34(38)40/h2-24H. The van der Waals surface area contributed by atoms with Gasteiger partial charge < -0.3 is 4.57 Å². The highest BCUT2D eigenvalue weighted by atomic mass is 15.0. The second-order valence-electron chi connectivity index (χ2n) is 11.1. The maximum Gasteiger partial charge on any atom is 0.188 e. The number of aromatic nitrogens is 2. The van der Waals surface area contributed by atoms with Crippen LogP contribution in [-0.2, 0) is 0 Å². The molecule has 9 rings (SSSR count). The monoisotopic (exact) mass is 545 g/mol. The second kappa shape index (κ2) is 9.01. The van der Waals surface area contributed by atoms with E-state index in [1.807, 2.05) is 18.2 Å². The lowest BCUT2D eigenvalue weighted by atomic mass is 9.92.